The minimum Gasteiger partial charge on any atom is -0.426 e. The fourth-order valence-corrected chi connectivity index (χ4v) is 0.403. The van der Waals surface area contributed by atoms with Gasteiger partial charge in [0.05, 0.1) is 5.44 Å². The van der Waals surface area contributed by atoms with Gasteiger partial charge in [-0.1, -0.05) is 0 Å². The lowest BCUT2D eigenvalue weighted by Crippen LogP contribution is -2.41. The van der Waals surface area contributed by atoms with Crippen LogP contribution in [0.2, 0.25) is 0 Å². The summed E-state index contributed by atoms with van der Waals surface area (Å²) in [5.74, 6) is 0. The first kappa shape index (κ1) is 5.09. The molecule has 1 aliphatic rings. The average Bonchev–Trinajstić information content (AvgIpc) is 2.21. The maximum Gasteiger partial charge on any atom is 0.472 e. The van der Waals surface area contributed by atoms with Crippen molar-refractivity contribution < 1.29 is 10.0 Å². The second kappa shape index (κ2) is 1.21. The van der Waals surface area contributed by atoms with E-state index in [2.05, 4.69) is 0 Å². The van der Waals surface area contributed by atoms with E-state index in [4.69, 9.17) is 15.8 Å². The highest BCUT2D eigenvalue weighted by Gasteiger charge is 2.48. The lowest BCUT2D eigenvalue weighted by atomic mass is 9.77. The van der Waals surface area contributed by atoms with Crippen molar-refractivity contribution in [2.45, 2.75) is 18.3 Å². The van der Waals surface area contributed by atoms with Crippen LogP contribution < -0.4 is 5.73 Å². The van der Waals surface area contributed by atoms with Gasteiger partial charge in [0, 0.05) is 0 Å². The van der Waals surface area contributed by atoms with E-state index < -0.39 is 12.6 Å². The molecule has 0 aromatic heterocycles. The van der Waals surface area contributed by atoms with Crippen LogP contribution in [0.5, 0.6) is 0 Å². The second-order valence-corrected chi connectivity index (χ2v) is 2.11. The van der Waals surface area contributed by atoms with Gasteiger partial charge in [-0.05, 0) is 12.8 Å². The van der Waals surface area contributed by atoms with Crippen LogP contribution >= 0.6 is 0 Å². The summed E-state index contributed by atoms with van der Waals surface area (Å²) in [5.41, 5.74) is 4.65. The third-order valence-electron chi connectivity index (χ3n) is 1.34. The zero-order valence-electron chi connectivity index (χ0n) is 3.96. The molecule has 0 heterocycles. The molecular formula is C3H8BNO2. The summed E-state index contributed by atoms with van der Waals surface area (Å²) >= 11 is 0. The second-order valence-electron chi connectivity index (χ2n) is 2.11. The van der Waals surface area contributed by atoms with Gasteiger partial charge < -0.3 is 15.8 Å². The Morgan fingerprint density at radius 1 is 1.43 bits per heavy atom. The molecule has 0 atom stereocenters. The van der Waals surface area contributed by atoms with Crippen molar-refractivity contribution in [3.05, 3.63) is 0 Å². The Labute approximate surface area is 42.3 Å². The van der Waals surface area contributed by atoms with Gasteiger partial charge in [0.25, 0.3) is 0 Å². The molecule has 40 valence electrons. The van der Waals surface area contributed by atoms with E-state index in [1.807, 2.05) is 0 Å². The van der Waals surface area contributed by atoms with Gasteiger partial charge >= 0.3 is 7.12 Å². The maximum atomic E-state index is 8.38. The van der Waals surface area contributed by atoms with Gasteiger partial charge in [0.1, 0.15) is 0 Å². The molecule has 0 amide bonds. The van der Waals surface area contributed by atoms with Gasteiger partial charge in [0.2, 0.25) is 0 Å². The Balaban J connectivity index is 2.39. The van der Waals surface area contributed by atoms with E-state index in [1.165, 1.54) is 0 Å². The van der Waals surface area contributed by atoms with Gasteiger partial charge in [0.15, 0.2) is 0 Å². The van der Waals surface area contributed by atoms with Crippen molar-refractivity contribution in [1.29, 1.82) is 0 Å². The fraction of sp³-hybridized carbons (Fsp3) is 1.00. The first-order valence-corrected chi connectivity index (χ1v) is 2.30. The quantitative estimate of drug-likeness (QED) is 0.352. The monoisotopic (exact) mass is 101 g/mol. The Hall–Kier alpha value is -0.0551. The summed E-state index contributed by atoms with van der Waals surface area (Å²) in [6.45, 7) is 0. The van der Waals surface area contributed by atoms with E-state index >= 15 is 0 Å². The van der Waals surface area contributed by atoms with Gasteiger partial charge in [-0.15, -0.1) is 0 Å². The summed E-state index contributed by atoms with van der Waals surface area (Å²) in [6.07, 6.45) is 1.48. The highest BCUT2D eigenvalue weighted by Crippen LogP contribution is 2.32. The third kappa shape index (κ3) is 0.772. The van der Waals surface area contributed by atoms with Crippen LogP contribution in [0.25, 0.3) is 0 Å². The van der Waals surface area contributed by atoms with Crippen molar-refractivity contribution in [1.82, 2.24) is 0 Å². The molecule has 1 fully saturated rings. The number of nitrogens with two attached hydrogens (primary N) is 1. The Kier molecular flexibility index (Phi) is 0.882. The predicted molar refractivity (Wildman–Crippen MR) is 26.3 cm³/mol. The molecule has 0 aliphatic heterocycles. The van der Waals surface area contributed by atoms with Crippen molar-refractivity contribution in [2.24, 2.45) is 5.73 Å². The molecule has 1 rings (SSSR count). The lowest BCUT2D eigenvalue weighted by molar-refractivity contribution is 0.383. The van der Waals surface area contributed by atoms with E-state index in [0.717, 1.165) is 12.8 Å². The van der Waals surface area contributed by atoms with Crippen molar-refractivity contribution in [3.63, 3.8) is 0 Å². The molecule has 7 heavy (non-hydrogen) atoms. The van der Waals surface area contributed by atoms with Gasteiger partial charge in [-0.2, -0.15) is 0 Å². The number of rotatable bonds is 1. The Bertz CT molecular complexity index is 81.0. The van der Waals surface area contributed by atoms with Crippen LogP contribution in [0.15, 0.2) is 0 Å². The predicted octanol–water partition coefficient (Wildman–Crippen LogP) is -1.51. The molecular weight excluding hydrogens is 92.8 g/mol. The van der Waals surface area contributed by atoms with Crippen LogP contribution in [0.3, 0.4) is 0 Å². The molecule has 3 nitrogen and oxygen atoms in total. The first-order valence-electron chi connectivity index (χ1n) is 2.30. The molecule has 1 aliphatic carbocycles. The zero-order chi connectivity index (χ0) is 5.49. The third-order valence-corrected chi connectivity index (χ3v) is 1.34. The highest BCUT2D eigenvalue weighted by molar-refractivity contribution is 6.46. The van der Waals surface area contributed by atoms with Crippen LogP contribution in [0, 0.1) is 0 Å². The smallest absolute Gasteiger partial charge is 0.426 e. The summed E-state index contributed by atoms with van der Waals surface area (Å²) in [7, 11) is -1.31. The zero-order valence-corrected chi connectivity index (χ0v) is 3.96. The van der Waals surface area contributed by atoms with E-state index in [1.54, 1.807) is 0 Å². The van der Waals surface area contributed by atoms with Crippen LogP contribution in [0.1, 0.15) is 12.8 Å². The topological polar surface area (TPSA) is 66.5 Å². The number of hydrogen-bond donors (Lipinski definition) is 3. The molecule has 0 saturated heterocycles. The van der Waals surface area contributed by atoms with Crippen LogP contribution in [-0.2, 0) is 0 Å². The van der Waals surface area contributed by atoms with Crippen LogP contribution in [0.4, 0.5) is 0 Å². The lowest BCUT2D eigenvalue weighted by Gasteiger charge is -2.02. The number of hydrogen-bond acceptors (Lipinski definition) is 3. The molecule has 1 saturated carbocycles. The maximum absolute atomic E-state index is 8.38. The molecule has 4 heteroatoms. The molecule has 0 unspecified atom stereocenters. The summed E-state index contributed by atoms with van der Waals surface area (Å²) < 4.78 is 0. The van der Waals surface area contributed by atoms with Crippen molar-refractivity contribution >= 4 is 7.12 Å². The normalized spacial score (nSPS) is 24.4. The SMILES string of the molecule is NC1(B(O)O)CC1. The minimum atomic E-state index is -1.31. The van der Waals surface area contributed by atoms with E-state index in [0.29, 0.717) is 0 Å². The Morgan fingerprint density at radius 2 is 1.86 bits per heavy atom. The minimum absolute atomic E-state index is 0.639. The summed E-state index contributed by atoms with van der Waals surface area (Å²) in [6, 6.07) is 0. The molecule has 0 bridgehead atoms. The molecule has 0 radical (unpaired) electrons. The largest absolute Gasteiger partial charge is 0.472 e. The average molecular weight is 101 g/mol. The van der Waals surface area contributed by atoms with E-state index in [-0.39, 0.29) is 0 Å². The summed E-state index contributed by atoms with van der Waals surface area (Å²) in [5, 5.41) is 16.8. The molecule has 0 spiro atoms. The fourth-order valence-electron chi connectivity index (χ4n) is 0.403. The summed E-state index contributed by atoms with van der Waals surface area (Å²) in [4.78, 5) is 0. The molecule has 4 N–H and O–H groups in total. The standard InChI is InChI=1S/C3H8BNO2/c5-3(1-2-3)4(6)7/h6-7H,1-2,5H2. The molecule has 0 aromatic rings. The van der Waals surface area contributed by atoms with E-state index in [9.17, 15) is 0 Å². The van der Waals surface area contributed by atoms with Crippen molar-refractivity contribution in [2.75, 3.05) is 0 Å². The van der Waals surface area contributed by atoms with Crippen LogP contribution in [-0.4, -0.2) is 22.6 Å². The molecule has 0 aromatic carbocycles. The first-order chi connectivity index (χ1) is 3.15. The highest BCUT2D eigenvalue weighted by atomic mass is 16.4. The van der Waals surface area contributed by atoms with Gasteiger partial charge in [-0.25, -0.2) is 0 Å². The Morgan fingerprint density at radius 3 is 1.86 bits per heavy atom. The van der Waals surface area contributed by atoms with Gasteiger partial charge in [-0.3, -0.25) is 0 Å². The van der Waals surface area contributed by atoms with Crippen molar-refractivity contribution in [3.8, 4) is 0 Å².